The van der Waals surface area contributed by atoms with Crippen LogP contribution in [0, 0.1) is 6.92 Å². The fourth-order valence-corrected chi connectivity index (χ4v) is 3.43. The fourth-order valence-electron chi connectivity index (χ4n) is 1.65. The van der Waals surface area contributed by atoms with E-state index in [0.29, 0.717) is 23.4 Å². The van der Waals surface area contributed by atoms with Crippen molar-refractivity contribution in [1.29, 1.82) is 0 Å². The molecular formula is C12H18ClNO3S. The molecular weight excluding hydrogens is 274 g/mol. The zero-order chi connectivity index (χ0) is 13.8. The number of aliphatic hydroxyl groups excluding tert-OH is 1. The van der Waals surface area contributed by atoms with E-state index < -0.39 is 10.0 Å². The van der Waals surface area contributed by atoms with Gasteiger partial charge < -0.3 is 5.11 Å². The van der Waals surface area contributed by atoms with Crippen molar-refractivity contribution in [2.24, 2.45) is 0 Å². The molecule has 0 aliphatic rings. The first-order valence-electron chi connectivity index (χ1n) is 5.76. The number of sulfonamides is 1. The molecule has 0 bridgehead atoms. The third kappa shape index (κ3) is 4.24. The molecule has 6 heteroatoms. The molecule has 0 aliphatic heterocycles. The Morgan fingerprint density at radius 1 is 1.44 bits per heavy atom. The minimum atomic E-state index is -3.56. The zero-order valence-electron chi connectivity index (χ0n) is 10.5. The Hall–Kier alpha value is -0.620. The summed E-state index contributed by atoms with van der Waals surface area (Å²) in [6.45, 7) is 3.55. The van der Waals surface area contributed by atoms with Crippen molar-refractivity contribution in [3.8, 4) is 0 Å². The lowest BCUT2D eigenvalue weighted by Gasteiger charge is -2.15. The van der Waals surface area contributed by atoms with E-state index >= 15 is 0 Å². The number of aryl methyl sites for hydroxylation is 1. The Morgan fingerprint density at radius 2 is 2.11 bits per heavy atom. The van der Waals surface area contributed by atoms with Crippen LogP contribution in [0.3, 0.4) is 0 Å². The average Bonchev–Trinajstić information content (AvgIpc) is 2.29. The molecule has 1 unspecified atom stereocenters. The largest absolute Gasteiger partial charge is 0.396 e. The maximum absolute atomic E-state index is 12.1. The van der Waals surface area contributed by atoms with Gasteiger partial charge in [0.05, 0.1) is 4.90 Å². The first-order chi connectivity index (χ1) is 8.36. The Balaban J connectivity index is 2.89. The summed E-state index contributed by atoms with van der Waals surface area (Å²) in [5.74, 6) is 0. The van der Waals surface area contributed by atoms with Gasteiger partial charge in [0.2, 0.25) is 10.0 Å². The van der Waals surface area contributed by atoms with E-state index in [-0.39, 0.29) is 17.5 Å². The number of hydrogen-bond donors (Lipinski definition) is 2. The molecule has 1 rings (SSSR count). The highest BCUT2D eigenvalue weighted by Gasteiger charge is 2.19. The standard InChI is InChI=1S/C12H18ClNO3S/c1-9-5-6-11(13)8-12(9)18(16,17)14-10(2)4-3-7-15/h5-6,8,10,14-15H,3-4,7H2,1-2H3. The summed E-state index contributed by atoms with van der Waals surface area (Å²) in [5, 5.41) is 9.11. The molecule has 0 amide bonds. The van der Waals surface area contributed by atoms with Gasteiger partial charge >= 0.3 is 0 Å². The molecule has 0 heterocycles. The quantitative estimate of drug-likeness (QED) is 0.843. The van der Waals surface area contributed by atoms with Gasteiger partial charge in [-0.25, -0.2) is 13.1 Å². The van der Waals surface area contributed by atoms with Crippen LogP contribution in [0.4, 0.5) is 0 Å². The predicted molar refractivity (Wildman–Crippen MR) is 72.3 cm³/mol. The number of hydrogen-bond acceptors (Lipinski definition) is 3. The van der Waals surface area contributed by atoms with E-state index in [1.54, 1.807) is 26.0 Å². The zero-order valence-corrected chi connectivity index (χ0v) is 12.1. The van der Waals surface area contributed by atoms with Crippen molar-refractivity contribution in [3.05, 3.63) is 28.8 Å². The number of benzene rings is 1. The molecule has 1 aromatic rings. The van der Waals surface area contributed by atoms with Gasteiger partial charge in [-0.15, -0.1) is 0 Å². The van der Waals surface area contributed by atoms with Gasteiger partial charge in [-0.1, -0.05) is 17.7 Å². The van der Waals surface area contributed by atoms with Gasteiger partial charge in [-0.2, -0.15) is 0 Å². The molecule has 102 valence electrons. The average molecular weight is 292 g/mol. The summed E-state index contributed by atoms with van der Waals surface area (Å²) < 4.78 is 26.9. The fraction of sp³-hybridized carbons (Fsp3) is 0.500. The van der Waals surface area contributed by atoms with Crippen LogP contribution >= 0.6 is 11.6 Å². The van der Waals surface area contributed by atoms with Gasteiger partial charge in [0, 0.05) is 17.7 Å². The van der Waals surface area contributed by atoms with E-state index in [1.807, 2.05) is 0 Å². The van der Waals surface area contributed by atoms with Gasteiger partial charge in [-0.05, 0) is 44.4 Å². The molecule has 0 fully saturated rings. The molecule has 0 saturated carbocycles. The molecule has 1 aromatic carbocycles. The second-order valence-corrected chi connectivity index (χ2v) is 6.42. The normalized spacial score (nSPS) is 13.6. The molecule has 0 radical (unpaired) electrons. The van der Waals surface area contributed by atoms with Crippen molar-refractivity contribution in [3.63, 3.8) is 0 Å². The van der Waals surface area contributed by atoms with Crippen molar-refractivity contribution in [2.45, 2.75) is 37.6 Å². The lowest BCUT2D eigenvalue weighted by molar-refractivity contribution is 0.279. The lowest BCUT2D eigenvalue weighted by atomic mass is 10.2. The second kappa shape index (κ2) is 6.52. The van der Waals surface area contributed by atoms with E-state index in [4.69, 9.17) is 16.7 Å². The minimum absolute atomic E-state index is 0.0578. The molecule has 18 heavy (non-hydrogen) atoms. The van der Waals surface area contributed by atoms with E-state index in [0.717, 1.165) is 0 Å². The SMILES string of the molecule is Cc1ccc(Cl)cc1S(=O)(=O)NC(C)CCCO. The van der Waals surface area contributed by atoms with Crippen LogP contribution in [0.5, 0.6) is 0 Å². The Labute approximate surface area is 113 Å². The molecule has 1 atom stereocenters. The number of halogens is 1. The van der Waals surface area contributed by atoms with Crippen LogP contribution in [0.15, 0.2) is 23.1 Å². The summed E-state index contributed by atoms with van der Waals surface area (Å²) in [4.78, 5) is 0.200. The highest BCUT2D eigenvalue weighted by molar-refractivity contribution is 7.89. The highest BCUT2D eigenvalue weighted by Crippen LogP contribution is 2.20. The highest BCUT2D eigenvalue weighted by atomic mass is 35.5. The van der Waals surface area contributed by atoms with Crippen molar-refractivity contribution < 1.29 is 13.5 Å². The van der Waals surface area contributed by atoms with Crippen LogP contribution < -0.4 is 4.72 Å². The Kier molecular flexibility index (Phi) is 5.59. The van der Waals surface area contributed by atoms with Crippen LogP contribution in [-0.4, -0.2) is 26.2 Å². The molecule has 0 aliphatic carbocycles. The number of nitrogens with one attached hydrogen (secondary N) is 1. The van der Waals surface area contributed by atoms with Gasteiger partial charge in [0.25, 0.3) is 0 Å². The van der Waals surface area contributed by atoms with Crippen LogP contribution in [0.25, 0.3) is 0 Å². The molecule has 2 N–H and O–H groups in total. The molecule has 0 saturated heterocycles. The second-order valence-electron chi connectivity index (χ2n) is 4.30. The summed E-state index contributed by atoms with van der Waals surface area (Å²) in [6, 6.07) is 4.55. The molecule has 0 spiro atoms. The number of aliphatic hydroxyl groups is 1. The van der Waals surface area contributed by atoms with Gasteiger partial charge in [-0.3, -0.25) is 0 Å². The first kappa shape index (κ1) is 15.4. The van der Waals surface area contributed by atoms with E-state index in [1.165, 1.54) is 6.07 Å². The summed E-state index contributed by atoms with van der Waals surface area (Å²) in [7, 11) is -3.56. The van der Waals surface area contributed by atoms with Gasteiger partial charge in [0.15, 0.2) is 0 Å². The minimum Gasteiger partial charge on any atom is -0.396 e. The summed E-state index contributed by atoms with van der Waals surface area (Å²) >= 11 is 5.82. The predicted octanol–water partition coefficient (Wildman–Crippen LogP) is 2.09. The smallest absolute Gasteiger partial charge is 0.241 e. The molecule has 4 nitrogen and oxygen atoms in total. The monoisotopic (exact) mass is 291 g/mol. The Bertz CT molecular complexity index is 502. The van der Waals surface area contributed by atoms with Crippen molar-refractivity contribution in [1.82, 2.24) is 4.72 Å². The van der Waals surface area contributed by atoms with Crippen LogP contribution in [0.2, 0.25) is 5.02 Å². The van der Waals surface area contributed by atoms with Crippen molar-refractivity contribution >= 4 is 21.6 Å². The third-order valence-electron chi connectivity index (χ3n) is 2.59. The summed E-state index contributed by atoms with van der Waals surface area (Å²) in [5.41, 5.74) is 0.654. The summed E-state index contributed by atoms with van der Waals surface area (Å²) in [6.07, 6.45) is 1.16. The van der Waals surface area contributed by atoms with Crippen LogP contribution in [0.1, 0.15) is 25.3 Å². The maximum Gasteiger partial charge on any atom is 0.241 e. The van der Waals surface area contributed by atoms with Crippen molar-refractivity contribution in [2.75, 3.05) is 6.61 Å². The first-order valence-corrected chi connectivity index (χ1v) is 7.62. The van der Waals surface area contributed by atoms with Gasteiger partial charge in [0.1, 0.15) is 0 Å². The van der Waals surface area contributed by atoms with E-state index in [2.05, 4.69) is 4.72 Å². The number of rotatable bonds is 6. The maximum atomic E-state index is 12.1. The third-order valence-corrected chi connectivity index (χ3v) is 4.56. The molecule has 0 aromatic heterocycles. The van der Waals surface area contributed by atoms with E-state index in [9.17, 15) is 8.42 Å². The Morgan fingerprint density at radius 3 is 2.72 bits per heavy atom. The lowest BCUT2D eigenvalue weighted by Crippen LogP contribution is -2.33. The topological polar surface area (TPSA) is 66.4 Å². The van der Waals surface area contributed by atoms with Crippen LogP contribution in [-0.2, 0) is 10.0 Å².